The lowest BCUT2D eigenvalue weighted by molar-refractivity contribution is -0.171. The summed E-state index contributed by atoms with van der Waals surface area (Å²) in [7, 11) is 1.87. The number of hydrogen-bond donors (Lipinski definition) is 2. The van der Waals surface area contributed by atoms with Gasteiger partial charge >= 0.3 is 0 Å². The van der Waals surface area contributed by atoms with Gasteiger partial charge in [0.25, 0.3) is 0 Å². The van der Waals surface area contributed by atoms with Gasteiger partial charge in [-0.15, -0.1) is 0 Å². The van der Waals surface area contributed by atoms with Gasteiger partial charge in [-0.25, -0.2) is 9.67 Å². The summed E-state index contributed by atoms with van der Waals surface area (Å²) in [6.07, 6.45) is 9.32. The maximum atomic E-state index is 6.02. The summed E-state index contributed by atoms with van der Waals surface area (Å²) in [5.41, 5.74) is 0.379. The van der Waals surface area contributed by atoms with Crippen molar-refractivity contribution in [2.45, 2.75) is 63.3 Å². The highest BCUT2D eigenvalue weighted by Gasteiger charge is 2.66. The van der Waals surface area contributed by atoms with Gasteiger partial charge in [0.05, 0.1) is 12.6 Å². The number of rotatable bonds is 2. The molecule has 2 aliphatic heterocycles. The van der Waals surface area contributed by atoms with Crippen molar-refractivity contribution in [2.24, 2.45) is 16.3 Å². The van der Waals surface area contributed by atoms with Gasteiger partial charge < -0.3 is 15.4 Å². The molecule has 0 bridgehead atoms. The van der Waals surface area contributed by atoms with Crippen LogP contribution in [0.1, 0.15) is 37.9 Å². The molecule has 7 heteroatoms. The fourth-order valence-electron chi connectivity index (χ4n) is 5.32. The van der Waals surface area contributed by atoms with Gasteiger partial charge in [0.1, 0.15) is 12.2 Å². The van der Waals surface area contributed by atoms with Gasteiger partial charge in [0, 0.05) is 43.5 Å². The molecule has 24 heavy (non-hydrogen) atoms. The van der Waals surface area contributed by atoms with E-state index in [1.165, 1.54) is 25.7 Å². The monoisotopic (exact) mass is 330 g/mol. The van der Waals surface area contributed by atoms with Crippen LogP contribution in [0.2, 0.25) is 0 Å². The van der Waals surface area contributed by atoms with Crippen LogP contribution in [0.25, 0.3) is 0 Å². The van der Waals surface area contributed by atoms with Crippen LogP contribution in [0.5, 0.6) is 0 Å². The number of nitrogens with one attached hydrogen (secondary N) is 2. The van der Waals surface area contributed by atoms with Crippen molar-refractivity contribution < 1.29 is 4.74 Å². The lowest BCUT2D eigenvalue weighted by Crippen LogP contribution is -2.72. The summed E-state index contributed by atoms with van der Waals surface area (Å²) in [4.78, 5) is 8.79. The topological polar surface area (TPSA) is 76.4 Å². The minimum atomic E-state index is 0.360. The van der Waals surface area contributed by atoms with Crippen LogP contribution in [0.15, 0.2) is 11.3 Å². The Balaban J connectivity index is 1.25. The minimum absolute atomic E-state index is 0.360. The molecule has 0 amide bonds. The summed E-state index contributed by atoms with van der Waals surface area (Å²) in [6, 6.07) is 0.883. The van der Waals surface area contributed by atoms with Crippen LogP contribution in [0.4, 0.5) is 0 Å². The van der Waals surface area contributed by atoms with Crippen molar-refractivity contribution in [3.8, 4) is 0 Å². The van der Waals surface area contributed by atoms with Crippen molar-refractivity contribution in [3.05, 3.63) is 12.2 Å². The Hall–Kier alpha value is -1.63. The number of fused-ring (bicyclic) bond motifs is 3. The molecule has 2 N–H and O–H groups in total. The lowest BCUT2D eigenvalue weighted by atomic mass is 9.46. The molecule has 3 fully saturated rings. The first-order chi connectivity index (χ1) is 11.8. The molecule has 3 heterocycles. The predicted octanol–water partition coefficient (Wildman–Crippen LogP) is 0.715. The van der Waals surface area contributed by atoms with E-state index in [0.717, 1.165) is 37.8 Å². The minimum Gasteiger partial charge on any atom is -0.377 e. The highest BCUT2D eigenvalue weighted by atomic mass is 16.5. The zero-order chi connectivity index (χ0) is 16.1. The zero-order valence-electron chi connectivity index (χ0n) is 14.2. The van der Waals surface area contributed by atoms with E-state index in [2.05, 4.69) is 25.7 Å². The molecule has 5 rings (SSSR count). The van der Waals surface area contributed by atoms with Crippen LogP contribution in [-0.4, -0.2) is 52.6 Å². The van der Waals surface area contributed by atoms with Crippen molar-refractivity contribution >= 4 is 5.96 Å². The smallest absolute Gasteiger partial charge is 0.191 e. The quantitative estimate of drug-likeness (QED) is 0.617. The number of aliphatic imine (C=N–C) groups is 1. The average Bonchev–Trinajstić information content (AvgIpc) is 3.17. The number of guanidine groups is 1. The first kappa shape index (κ1) is 14.7. The molecular formula is C17H26N6O. The zero-order valence-corrected chi connectivity index (χ0v) is 14.2. The van der Waals surface area contributed by atoms with Crippen molar-refractivity contribution in [2.75, 3.05) is 13.7 Å². The maximum Gasteiger partial charge on any atom is 0.191 e. The summed E-state index contributed by atoms with van der Waals surface area (Å²) < 4.78 is 8.02. The Morgan fingerprint density at radius 3 is 3.08 bits per heavy atom. The van der Waals surface area contributed by atoms with E-state index < -0.39 is 0 Å². The Kier molecular flexibility index (Phi) is 3.33. The first-order valence-electron chi connectivity index (χ1n) is 9.28. The molecule has 1 spiro atoms. The molecule has 0 aromatic carbocycles. The Morgan fingerprint density at radius 1 is 1.38 bits per heavy atom. The van der Waals surface area contributed by atoms with Crippen LogP contribution < -0.4 is 10.6 Å². The number of ether oxygens (including phenoxy) is 1. The summed E-state index contributed by atoms with van der Waals surface area (Å²) in [6.45, 7) is 1.79. The van der Waals surface area contributed by atoms with Crippen LogP contribution in [0.3, 0.4) is 0 Å². The molecular weight excluding hydrogens is 304 g/mol. The molecule has 2 aliphatic carbocycles. The highest BCUT2D eigenvalue weighted by Crippen LogP contribution is 2.62. The van der Waals surface area contributed by atoms with Crippen LogP contribution in [-0.2, 0) is 17.7 Å². The fraction of sp³-hybridized carbons (Fsp3) is 0.824. The fourth-order valence-corrected chi connectivity index (χ4v) is 5.32. The first-order valence-corrected chi connectivity index (χ1v) is 9.28. The van der Waals surface area contributed by atoms with E-state index in [-0.39, 0.29) is 0 Å². The van der Waals surface area contributed by atoms with Gasteiger partial charge in [0.15, 0.2) is 5.96 Å². The molecule has 4 unspecified atom stereocenters. The molecule has 1 saturated heterocycles. The molecule has 4 atom stereocenters. The molecule has 4 aliphatic rings. The second-order valence-corrected chi connectivity index (χ2v) is 7.76. The lowest BCUT2D eigenvalue weighted by Gasteiger charge is -2.63. The molecule has 1 aromatic rings. The molecule has 7 nitrogen and oxygen atoms in total. The molecule has 0 radical (unpaired) electrons. The van der Waals surface area contributed by atoms with Gasteiger partial charge in [-0.3, -0.25) is 4.99 Å². The predicted molar refractivity (Wildman–Crippen MR) is 89.7 cm³/mol. The van der Waals surface area contributed by atoms with Crippen LogP contribution in [0, 0.1) is 11.3 Å². The Labute approximate surface area is 142 Å². The standard InChI is InChI=1S/C17H26N6O/c1-18-16(21-11-3-4-13-19-10-20-23(13)9-11)22-14-12-5-8-24-15(12)17(14)6-2-7-17/h10-12,14-15H,2-9H2,1H3,(H2,18,21,22). The third kappa shape index (κ3) is 2.03. The number of aromatic nitrogens is 3. The largest absolute Gasteiger partial charge is 0.377 e. The SMILES string of the molecule is CN=C(NC1CCc2ncnn2C1)NC1C2CCOC2C12CCC2. The molecule has 1 aromatic heterocycles. The maximum absolute atomic E-state index is 6.02. The van der Waals surface area contributed by atoms with E-state index >= 15 is 0 Å². The van der Waals surface area contributed by atoms with Gasteiger partial charge in [-0.1, -0.05) is 6.42 Å². The highest BCUT2D eigenvalue weighted by molar-refractivity contribution is 5.80. The molecule has 130 valence electrons. The summed E-state index contributed by atoms with van der Waals surface area (Å²) in [5, 5.41) is 11.7. The third-order valence-corrected chi connectivity index (χ3v) is 6.70. The third-order valence-electron chi connectivity index (χ3n) is 6.70. The van der Waals surface area contributed by atoms with E-state index in [1.807, 2.05) is 11.7 Å². The second kappa shape index (κ2) is 5.44. The normalized spacial score (nSPS) is 36.5. The van der Waals surface area contributed by atoms with Crippen molar-refractivity contribution in [1.82, 2.24) is 25.4 Å². The Morgan fingerprint density at radius 2 is 2.29 bits per heavy atom. The Bertz CT molecular complexity index is 651. The average molecular weight is 330 g/mol. The van der Waals surface area contributed by atoms with E-state index in [4.69, 9.17) is 4.74 Å². The summed E-state index contributed by atoms with van der Waals surface area (Å²) in [5.74, 6) is 2.69. The second-order valence-electron chi connectivity index (χ2n) is 7.76. The number of nitrogens with zero attached hydrogens (tertiary/aromatic N) is 4. The van der Waals surface area contributed by atoms with Gasteiger partial charge in [-0.05, 0) is 25.7 Å². The van der Waals surface area contributed by atoms with Crippen molar-refractivity contribution in [1.29, 1.82) is 0 Å². The number of hydrogen-bond acceptors (Lipinski definition) is 4. The van der Waals surface area contributed by atoms with Gasteiger partial charge in [-0.2, -0.15) is 5.10 Å². The van der Waals surface area contributed by atoms with Gasteiger partial charge in [0.2, 0.25) is 0 Å². The van der Waals surface area contributed by atoms with E-state index in [1.54, 1.807) is 6.33 Å². The summed E-state index contributed by atoms with van der Waals surface area (Å²) >= 11 is 0. The van der Waals surface area contributed by atoms with Crippen molar-refractivity contribution in [3.63, 3.8) is 0 Å². The van der Waals surface area contributed by atoms with Crippen LogP contribution >= 0.6 is 0 Å². The van der Waals surface area contributed by atoms with E-state index in [0.29, 0.717) is 29.5 Å². The number of aryl methyl sites for hydroxylation is 1. The molecule has 2 saturated carbocycles. The van der Waals surface area contributed by atoms with E-state index in [9.17, 15) is 0 Å².